The number of hydrogen-bond donors (Lipinski definition) is 1. The molecule has 0 amide bonds. The van der Waals surface area contributed by atoms with E-state index in [0.29, 0.717) is 28.5 Å². The second-order valence-corrected chi connectivity index (χ2v) is 3.68. The van der Waals surface area contributed by atoms with E-state index >= 15 is 0 Å². The molecule has 2 N–H and O–H groups in total. The fourth-order valence-corrected chi connectivity index (χ4v) is 1.49. The molecule has 0 radical (unpaired) electrons. The van der Waals surface area contributed by atoms with Crippen LogP contribution in [-0.2, 0) is 0 Å². The van der Waals surface area contributed by atoms with Crippen LogP contribution >= 0.6 is 0 Å². The zero-order valence-corrected chi connectivity index (χ0v) is 9.88. The highest BCUT2D eigenvalue weighted by Gasteiger charge is 2.03. The quantitative estimate of drug-likeness (QED) is 0.837. The summed E-state index contributed by atoms with van der Waals surface area (Å²) < 4.78 is 10.7. The van der Waals surface area contributed by atoms with Crippen molar-refractivity contribution in [2.75, 3.05) is 12.8 Å². The number of benzene rings is 2. The number of nitrogens with two attached hydrogens (primary N) is 1. The number of ether oxygens (including phenoxy) is 2. The van der Waals surface area contributed by atoms with Crippen LogP contribution in [0.25, 0.3) is 0 Å². The van der Waals surface area contributed by atoms with Crippen LogP contribution in [0.4, 0.5) is 5.69 Å². The summed E-state index contributed by atoms with van der Waals surface area (Å²) in [5.74, 6) is 1.79. The van der Waals surface area contributed by atoms with E-state index < -0.39 is 0 Å². The average molecular weight is 240 g/mol. The van der Waals surface area contributed by atoms with Crippen LogP contribution in [0, 0.1) is 11.3 Å². The number of nitriles is 1. The standard InChI is InChI=1S/C14H12N2O2/c1-17-13-6-10(9-15)7-14(8-13)18-12-4-2-11(16)3-5-12/h2-8H,16H2,1H3. The fraction of sp³-hybridized carbons (Fsp3) is 0.0714. The van der Waals surface area contributed by atoms with Crippen LogP contribution in [0.5, 0.6) is 17.2 Å². The van der Waals surface area contributed by atoms with Gasteiger partial charge in [0.05, 0.1) is 18.7 Å². The summed E-state index contributed by atoms with van der Waals surface area (Å²) in [4.78, 5) is 0. The minimum atomic E-state index is 0.486. The van der Waals surface area contributed by atoms with Gasteiger partial charge in [-0.2, -0.15) is 5.26 Å². The molecule has 2 aromatic carbocycles. The second kappa shape index (κ2) is 5.11. The third-order valence-electron chi connectivity index (χ3n) is 2.36. The highest BCUT2D eigenvalue weighted by atomic mass is 16.5. The highest BCUT2D eigenvalue weighted by molar-refractivity contribution is 5.47. The van der Waals surface area contributed by atoms with E-state index in [2.05, 4.69) is 6.07 Å². The monoisotopic (exact) mass is 240 g/mol. The third kappa shape index (κ3) is 2.71. The Hall–Kier alpha value is -2.67. The van der Waals surface area contributed by atoms with Crippen LogP contribution in [-0.4, -0.2) is 7.11 Å². The molecule has 0 bridgehead atoms. The normalized spacial score (nSPS) is 9.56. The van der Waals surface area contributed by atoms with Crippen LogP contribution in [0.15, 0.2) is 42.5 Å². The van der Waals surface area contributed by atoms with Gasteiger partial charge in [0, 0.05) is 11.8 Å². The van der Waals surface area contributed by atoms with E-state index in [1.807, 2.05) is 0 Å². The highest BCUT2D eigenvalue weighted by Crippen LogP contribution is 2.27. The molecule has 0 aliphatic rings. The Morgan fingerprint density at radius 3 is 2.28 bits per heavy atom. The maximum atomic E-state index is 8.91. The minimum absolute atomic E-state index is 0.486. The van der Waals surface area contributed by atoms with E-state index in [9.17, 15) is 0 Å². The Morgan fingerprint density at radius 1 is 1.00 bits per heavy atom. The molecule has 18 heavy (non-hydrogen) atoms. The maximum Gasteiger partial charge on any atom is 0.132 e. The Balaban J connectivity index is 2.28. The summed E-state index contributed by atoms with van der Waals surface area (Å²) in [5.41, 5.74) is 6.75. The van der Waals surface area contributed by atoms with Gasteiger partial charge in [-0.05, 0) is 36.4 Å². The van der Waals surface area contributed by atoms with Gasteiger partial charge in [0.25, 0.3) is 0 Å². The zero-order valence-electron chi connectivity index (χ0n) is 9.88. The molecular formula is C14H12N2O2. The average Bonchev–Trinajstić information content (AvgIpc) is 2.41. The van der Waals surface area contributed by atoms with Gasteiger partial charge >= 0.3 is 0 Å². The van der Waals surface area contributed by atoms with Crippen molar-refractivity contribution in [3.8, 4) is 23.3 Å². The van der Waals surface area contributed by atoms with E-state index in [4.69, 9.17) is 20.5 Å². The summed E-state index contributed by atoms with van der Waals surface area (Å²) in [6, 6.07) is 14.1. The summed E-state index contributed by atoms with van der Waals surface area (Å²) in [5, 5.41) is 8.91. The van der Waals surface area contributed by atoms with E-state index in [-0.39, 0.29) is 0 Å². The van der Waals surface area contributed by atoms with E-state index in [1.54, 1.807) is 49.6 Å². The van der Waals surface area contributed by atoms with E-state index in [1.165, 1.54) is 0 Å². The van der Waals surface area contributed by atoms with E-state index in [0.717, 1.165) is 0 Å². The molecule has 90 valence electrons. The molecular weight excluding hydrogens is 228 g/mol. The first-order chi connectivity index (χ1) is 8.71. The minimum Gasteiger partial charge on any atom is -0.497 e. The lowest BCUT2D eigenvalue weighted by atomic mass is 10.2. The van der Waals surface area contributed by atoms with Crippen molar-refractivity contribution in [3.05, 3.63) is 48.0 Å². The molecule has 0 heterocycles. The largest absolute Gasteiger partial charge is 0.497 e. The SMILES string of the molecule is COc1cc(C#N)cc(Oc2ccc(N)cc2)c1. The lowest BCUT2D eigenvalue weighted by Gasteiger charge is -2.08. The predicted octanol–water partition coefficient (Wildman–Crippen LogP) is 2.94. The van der Waals surface area contributed by atoms with Gasteiger partial charge in [-0.3, -0.25) is 0 Å². The van der Waals surface area contributed by atoms with Crippen LogP contribution in [0.2, 0.25) is 0 Å². The smallest absolute Gasteiger partial charge is 0.132 e. The molecule has 0 atom stereocenters. The Kier molecular flexibility index (Phi) is 3.35. The first-order valence-electron chi connectivity index (χ1n) is 5.34. The van der Waals surface area contributed by atoms with Crippen LogP contribution in [0.3, 0.4) is 0 Å². The van der Waals surface area contributed by atoms with Crippen molar-refractivity contribution in [2.45, 2.75) is 0 Å². The first-order valence-corrected chi connectivity index (χ1v) is 5.34. The maximum absolute atomic E-state index is 8.91. The molecule has 0 saturated heterocycles. The van der Waals surface area contributed by atoms with Crippen molar-refractivity contribution in [3.63, 3.8) is 0 Å². The number of rotatable bonds is 3. The number of methoxy groups -OCH3 is 1. The topological polar surface area (TPSA) is 68.3 Å². The van der Waals surface area contributed by atoms with Gasteiger partial charge in [-0.1, -0.05) is 0 Å². The Labute approximate surface area is 105 Å². The second-order valence-electron chi connectivity index (χ2n) is 3.68. The van der Waals surface area contributed by atoms with Crippen molar-refractivity contribution in [1.82, 2.24) is 0 Å². The number of nitrogens with zero attached hydrogens (tertiary/aromatic N) is 1. The number of anilines is 1. The fourth-order valence-electron chi connectivity index (χ4n) is 1.49. The summed E-state index contributed by atoms with van der Waals surface area (Å²) >= 11 is 0. The van der Waals surface area contributed by atoms with Crippen LogP contribution in [0.1, 0.15) is 5.56 Å². The summed E-state index contributed by atoms with van der Waals surface area (Å²) in [7, 11) is 1.55. The van der Waals surface area contributed by atoms with Gasteiger partial charge < -0.3 is 15.2 Å². The molecule has 0 unspecified atom stereocenters. The molecule has 0 saturated carbocycles. The van der Waals surface area contributed by atoms with Crippen molar-refractivity contribution in [1.29, 1.82) is 5.26 Å². The lowest BCUT2D eigenvalue weighted by molar-refractivity contribution is 0.409. The molecule has 4 nitrogen and oxygen atoms in total. The molecule has 2 aromatic rings. The van der Waals surface area contributed by atoms with Gasteiger partial charge in [0.2, 0.25) is 0 Å². The predicted molar refractivity (Wildman–Crippen MR) is 68.6 cm³/mol. The van der Waals surface area contributed by atoms with Crippen LogP contribution < -0.4 is 15.2 Å². The summed E-state index contributed by atoms with van der Waals surface area (Å²) in [6.45, 7) is 0. The molecule has 0 spiro atoms. The van der Waals surface area contributed by atoms with Gasteiger partial charge in [-0.25, -0.2) is 0 Å². The summed E-state index contributed by atoms with van der Waals surface area (Å²) in [6.07, 6.45) is 0. The Bertz CT molecular complexity index is 586. The molecule has 4 heteroatoms. The number of nitrogen functional groups attached to an aromatic ring is 1. The third-order valence-corrected chi connectivity index (χ3v) is 2.36. The van der Waals surface area contributed by atoms with Gasteiger partial charge in [0.15, 0.2) is 0 Å². The molecule has 0 fully saturated rings. The molecule has 2 rings (SSSR count). The van der Waals surface area contributed by atoms with Crippen molar-refractivity contribution >= 4 is 5.69 Å². The van der Waals surface area contributed by atoms with Gasteiger partial charge in [0.1, 0.15) is 17.2 Å². The van der Waals surface area contributed by atoms with Crippen molar-refractivity contribution in [2.24, 2.45) is 0 Å². The molecule has 0 aliphatic carbocycles. The van der Waals surface area contributed by atoms with Crippen molar-refractivity contribution < 1.29 is 9.47 Å². The van der Waals surface area contributed by atoms with Gasteiger partial charge in [-0.15, -0.1) is 0 Å². The Morgan fingerprint density at radius 2 is 1.67 bits per heavy atom. The first kappa shape index (κ1) is 11.8. The number of hydrogen-bond acceptors (Lipinski definition) is 4. The lowest BCUT2D eigenvalue weighted by Crippen LogP contribution is -1.89. The molecule has 0 aromatic heterocycles. The zero-order chi connectivity index (χ0) is 13.0. The molecule has 0 aliphatic heterocycles.